The SMILES string of the molecule is Fc1ccc(NCC2CCC2)cc1C(F)(F)F. The average molecular weight is 247 g/mol. The Morgan fingerprint density at radius 2 is 1.94 bits per heavy atom. The van der Waals surface area contributed by atoms with E-state index in [1.165, 1.54) is 12.5 Å². The Labute approximate surface area is 96.8 Å². The Bertz CT molecular complexity index is 396. The molecule has 1 nitrogen and oxygen atoms in total. The molecule has 2 rings (SSSR count). The summed E-state index contributed by atoms with van der Waals surface area (Å²) in [7, 11) is 0. The van der Waals surface area contributed by atoms with Crippen molar-refractivity contribution in [1.82, 2.24) is 0 Å². The molecule has 1 saturated carbocycles. The molecular formula is C12H13F4N. The van der Waals surface area contributed by atoms with Crippen LogP contribution in [0, 0.1) is 11.7 Å². The standard InChI is InChI=1S/C12H13F4N/c13-11-5-4-9(6-10(11)12(14,15)16)17-7-8-2-1-3-8/h4-6,8,17H,1-3,7H2. The normalized spacial score (nSPS) is 16.7. The molecular weight excluding hydrogens is 234 g/mol. The lowest BCUT2D eigenvalue weighted by molar-refractivity contribution is -0.139. The van der Waals surface area contributed by atoms with Crippen LogP contribution in [0.3, 0.4) is 0 Å². The first-order valence-corrected chi connectivity index (χ1v) is 5.57. The third-order valence-electron chi connectivity index (χ3n) is 3.09. The molecule has 0 aliphatic heterocycles. The molecule has 17 heavy (non-hydrogen) atoms. The highest BCUT2D eigenvalue weighted by atomic mass is 19.4. The minimum atomic E-state index is -4.64. The van der Waals surface area contributed by atoms with Gasteiger partial charge < -0.3 is 5.32 Å². The van der Waals surface area contributed by atoms with Gasteiger partial charge in [-0.1, -0.05) is 6.42 Å². The van der Waals surface area contributed by atoms with Crippen LogP contribution in [0.2, 0.25) is 0 Å². The van der Waals surface area contributed by atoms with E-state index in [4.69, 9.17) is 0 Å². The molecule has 0 amide bonds. The Hall–Kier alpha value is -1.26. The van der Waals surface area contributed by atoms with Gasteiger partial charge in [-0.25, -0.2) is 4.39 Å². The molecule has 1 aliphatic rings. The van der Waals surface area contributed by atoms with E-state index in [0.29, 0.717) is 18.2 Å². The molecule has 1 N–H and O–H groups in total. The van der Waals surface area contributed by atoms with Gasteiger partial charge in [-0.2, -0.15) is 13.2 Å². The van der Waals surface area contributed by atoms with Gasteiger partial charge in [0.25, 0.3) is 0 Å². The van der Waals surface area contributed by atoms with Crippen molar-refractivity contribution in [3.05, 3.63) is 29.6 Å². The fourth-order valence-corrected chi connectivity index (χ4v) is 1.81. The van der Waals surface area contributed by atoms with Gasteiger partial charge in [0, 0.05) is 12.2 Å². The summed E-state index contributed by atoms with van der Waals surface area (Å²) in [6, 6.07) is 3.02. The molecule has 0 heterocycles. The molecule has 0 atom stereocenters. The molecule has 0 unspecified atom stereocenters. The van der Waals surface area contributed by atoms with Crippen molar-refractivity contribution in [3.63, 3.8) is 0 Å². The lowest BCUT2D eigenvalue weighted by atomic mass is 9.85. The van der Waals surface area contributed by atoms with Gasteiger partial charge in [-0.05, 0) is 37.0 Å². The average Bonchev–Trinajstić information content (AvgIpc) is 2.16. The molecule has 1 aliphatic carbocycles. The van der Waals surface area contributed by atoms with E-state index in [-0.39, 0.29) is 0 Å². The van der Waals surface area contributed by atoms with Crippen molar-refractivity contribution < 1.29 is 17.6 Å². The van der Waals surface area contributed by atoms with Crippen LogP contribution in [0.15, 0.2) is 18.2 Å². The van der Waals surface area contributed by atoms with Crippen molar-refractivity contribution in [3.8, 4) is 0 Å². The van der Waals surface area contributed by atoms with Gasteiger partial charge in [-0.3, -0.25) is 0 Å². The summed E-state index contributed by atoms with van der Waals surface area (Å²) in [5.41, 5.74) is -0.887. The van der Waals surface area contributed by atoms with Crippen LogP contribution in [-0.4, -0.2) is 6.54 Å². The molecule has 94 valence electrons. The number of rotatable bonds is 3. The number of halogens is 4. The number of hydrogen-bond acceptors (Lipinski definition) is 1. The van der Waals surface area contributed by atoms with Crippen molar-refractivity contribution >= 4 is 5.69 Å². The van der Waals surface area contributed by atoms with Crippen LogP contribution in [0.25, 0.3) is 0 Å². The molecule has 0 bridgehead atoms. The molecule has 0 aromatic heterocycles. The first-order valence-electron chi connectivity index (χ1n) is 5.57. The molecule has 0 spiro atoms. The summed E-state index contributed by atoms with van der Waals surface area (Å²) >= 11 is 0. The lowest BCUT2D eigenvalue weighted by Gasteiger charge is -2.26. The summed E-state index contributed by atoms with van der Waals surface area (Å²) in [5.74, 6) is -0.693. The molecule has 1 aromatic rings. The molecule has 1 aromatic carbocycles. The largest absolute Gasteiger partial charge is 0.419 e. The highest BCUT2D eigenvalue weighted by Gasteiger charge is 2.34. The van der Waals surface area contributed by atoms with Gasteiger partial charge in [-0.15, -0.1) is 0 Å². The van der Waals surface area contributed by atoms with Gasteiger partial charge in [0.05, 0.1) is 5.56 Å². The van der Waals surface area contributed by atoms with Gasteiger partial charge in [0.15, 0.2) is 0 Å². The summed E-state index contributed by atoms with van der Waals surface area (Å²) in [6.45, 7) is 0.656. The number of anilines is 1. The summed E-state index contributed by atoms with van der Waals surface area (Å²) < 4.78 is 50.3. The van der Waals surface area contributed by atoms with E-state index >= 15 is 0 Å². The minimum absolute atomic E-state index is 0.325. The lowest BCUT2D eigenvalue weighted by Crippen LogP contribution is -2.21. The second kappa shape index (κ2) is 4.55. The third-order valence-corrected chi connectivity index (χ3v) is 3.09. The van der Waals surface area contributed by atoms with E-state index < -0.39 is 17.6 Å². The quantitative estimate of drug-likeness (QED) is 0.794. The van der Waals surface area contributed by atoms with E-state index in [2.05, 4.69) is 5.32 Å². The van der Waals surface area contributed by atoms with E-state index in [1.54, 1.807) is 0 Å². The summed E-state index contributed by atoms with van der Waals surface area (Å²) in [5, 5.41) is 2.92. The van der Waals surface area contributed by atoms with Gasteiger partial charge in [0.2, 0.25) is 0 Å². The van der Waals surface area contributed by atoms with Crippen LogP contribution in [-0.2, 0) is 6.18 Å². The van der Waals surface area contributed by atoms with E-state index in [9.17, 15) is 17.6 Å². The fourth-order valence-electron chi connectivity index (χ4n) is 1.81. The van der Waals surface area contributed by atoms with Crippen molar-refractivity contribution in [2.24, 2.45) is 5.92 Å². The topological polar surface area (TPSA) is 12.0 Å². The monoisotopic (exact) mass is 247 g/mol. The van der Waals surface area contributed by atoms with Crippen LogP contribution in [0.5, 0.6) is 0 Å². The number of benzene rings is 1. The van der Waals surface area contributed by atoms with Crippen molar-refractivity contribution in [2.75, 3.05) is 11.9 Å². The molecule has 5 heteroatoms. The van der Waals surface area contributed by atoms with Crippen LogP contribution in [0.4, 0.5) is 23.2 Å². The van der Waals surface area contributed by atoms with Gasteiger partial charge >= 0.3 is 6.18 Å². The molecule has 0 saturated heterocycles. The summed E-state index contributed by atoms with van der Waals surface area (Å²) in [4.78, 5) is 0. The second-order valence-electron chi connectivity index (χ2n) is 4.37. The number of nitrogens with one attached hydrogen (secondary N) is 1. The highest BCUT2D eigenvalue weighted by Crippen LogP contribution is 2.33. The predicted octanol–water partition coefficient (Wildman–Crippen LogP) is 4.06. The predicted molar refractivity (Wildman–Crippen MR) is 57.2 cm³/mol. The smallest absolute Gasteiger partial charge is 0.385 e. The fraction of sp³-hybridized carbons (Fsp3) is 0.500. The van der Waals surface area contributed by atoms with Crippen LogP contribution < -0.4 is 5.32 Å². The van der Waals surface area contributed by atoms with Crippen LogP contribution in [0.1, 0.15) is 24.8 Å². The Morgan fingerprint density at radius 1 is 1.24 bits per heavy atom. The van der Waals surface area contributed by atoms with E-state index in [0.717, 1.165) is 25.0 Å². The number of hydrogen-bond donors (Lipinski definition) is 1. The molecule has 1 fully saturated rings. The summed E-state index contributed by atoms with van der Waals surface area (Å²) in [6.07, 6.45) is -1.23. The third kappa shape index (κ3) is 2.90. The van der Waals surface area contributed by atoms with Crippen molar-refractivity contribution in [2.45, 2.75) is 25.4 Å². The maximum atomic E-state index is 13.0. The Kier molecular flexibility index (Phi) is 3.26. The zero-order valence-corrected chi connectivity index (χ0v) is 9.15. The van der Waals surface area contributed by atoms with Crippen LogP contribution >= 0.6 is 0 Å². The van der Waals surface area contributed by atoms with Crippen molar-refractivity contribution in [1.29, 1.82) is 0 Å². The highest BCUT2D eigenvalue weighted by molar-refractivity contribution is 5.47. The second-order valence-corrected chi connectivity index (χ2v) is 4.37. The molecule has 0 radical (unpaired) electrons. The Morgan fingerprint density at radius 3 is 2.47 bits per heavy atom. The maximum absolute atomic E-state index is 13.0. The van der Waals surface area contributed by atoms with E-state index in [1.807, 2.05) is 0 Å². The Balaban J connectivity index is 2.07. The zero-order chi connectivity index (χ0) is 12.5. The van der Waals surface area contributed by atoms with Gasteiger partial charge in [0.1, 0.15) is 5.82 Å². The minimum Gasteiger partial charge on any atom is -0.385 e. The zero-order valence-electron chi connectivity index (χ0n) is 9.15. The maximum Gasteiger partial charge on any atom is 0.419 e. The first kappa shape index (κ1) is 12.2. The first-order chi connectivity index (χ1) is 7.97. The number of alkyl halides is 3.